The molecule has 1 saturated heterocycles. The van der Waals surface area contributed by atoms with Gasteiger partial charge in [-0.1, -0.05) is 16.8 Å². The molecular formula is C16H19ClN4O3. The minimum Gasteiger partial charge on any atom is -0.368 e. The van der Waals surface area contributed by atoms with Gasteiger partial charge in [0, 0.05) is 44.4 Å². The van der Waals surface area contributed by atoms with E-state index in [1.54, 1.807) is 6.07 Å². The summed E-state index contributed by atoms with van der Waals surface area (Å²) in [5, 5.41) is 15.3. The predicted molar refractivity (Wildman–Crippen MR) is 91.6 cm³/mol. The summed E-state index contributed by atoms with van der Waals surface area (Å²) in [6.45, 7) is 7.86. The number of aromatic nitrogens is 1. The second kappa shape index (κ2) is 6.78. The first-order chi connectivity index (χ1) is 11.4. The van der Waals surface area contributed by atoms with Crippen molar-refractivity contribution in [1.29, 1.82) is 0 Å². The molecule has 8 heteroatoms. The fraction of sp³-hybridized carbons (Fsp3) is 0.438. The molecule has 1 aromatic heterocycles. The molecule has 1 aliphatic heterocycles. The summed E-state index contributed by atoms with van der Waals surface area (Å²) in [5.41, 5.74) is 2.63. The van der Waals surface area contributed by atoms with Crippen molar-refractivity contribution in [1.82, 2.24) is 10.1 Å². The number of hydrogen-bond donors (Lipinski definition) is 0. The van der Waals surface area contributed by atoms with Crippen molar-refractivity contribution in [2.45, 2.75) is 20.4 Å². The Morgan fingerprint density at radius 2 is 1.96 bits per heavy atom. The van der Waals surface area contributed by atoms with Crippen LogP contribution in [0.25, 0.3) is 0 Å². The van der Waals surface area contributed by atoms with Crippen LogP contribution in [-0.4, -0.2) is 41.2 Å². The first-order valence-corrected chi connectivity index (χ1v) is 8.16. The van der Waals surface area contributed by atoms with Crippen molar-refractivity contribution in [3.05, 3.63) is 50.4 Å². The Hall–Kier alpha value is -2.12. The van der Waals surface area contributed by atoms with Gasteiger partial charge in [0.05, 0.1) is 27.9 Å². The van der Waals surface area contributed by atoms with Gasteiger partial charge >= 0.3 is 0 Å². The molecule has 0 N–H and O–H groups in total. The van der Waals surface area contributed by atoms with E-state index < -0.39 is 4.92 Å². The highest BCUT2D eigenvalue weighted by molar-refractivity contribution is 6.33. The van der Waals surface area contributed by atoms with Crippen LogP contribution in [0.5, 0.6) is 0 Å². The molecule has 0 unspecified atom stereocenters. The van der Waals surface area contributed by atoms with Crippen LogP contribution >= 0.6 is 11.6 Å². The summed E-state index contributed by atoms with van der Waals surface area (Å²) < 4.78 is 5.26. The number of nitro groups is 1. The van der Waals surface area contributed by atoms with Crippen molar-refractivity contribution in [2.75, 3.05) is 31.1 Å². The van der Waals surface area contributed by atoms with E-state index in [-0.39, 0.29) is 5.69 Å². The van der Waals surface area contributed by atoms with Crippen molar-refractivity contribution in [2.24, 2.45) is 0 Å². The van der Waals surface area contributed by atoms with Gasteiger partial charge in [0.2, 0.25) is 0 Å². The number of nitro benzene ring substituents is 1. The minimum atomic E-state index is -0.417. The van der Waals surface area contributed by atoms with Gasteiger partial charge in [-0.2, -0.15) is 0 Å². The number of hydrogen-bond acceptors (Lipinski definition) is 6. The molecule has 0 atom stereocenters. The number of non-ortho nitro benzene ring substituents is 1. The average Bonchev–Trinajstić information content (AvgIpc) is 2.93. The van der Waals surface area contributed by atoms with Crippen molar-refractivity contribution >= 4 is 23.0 Å². The standard InChI is InChI=1S/C16H19ClN4O3/c1-11-7-13(21(22)23)9-15(17)16(11)20-5-3-19(4-6-20)10-14-8-12(2)18-24-14/h7-9H,3-6,10H2,1-2H3. The lowest BCUT2D eigenvalue weighted by Gasteiger charge is -2.36. The number of anilines is 1. The van der Waals surface area contributed by atoms with Crippen LogP contribution in [-0.2, 0) is 6.54 Å². The Balaban J connectivity index is 1.67. The van der Waals surface area contributed by atoms with Crippen LogP contribution in [0.15, 0.2) is 22.7 Å². The molecule has 24 heavy (non-hydrogen) atoms. The van der Waals surface area contributed by atoms with E-state index in [1.165, 1.54) is 6.07 Å². The summed E-state index contributed by atoms with van der Waals surface area (Å²) in [6.07, 6.45) is 0. The van der Waals surface area contributed by atoms with Crippen LogP contribution < -0.4 is 4.90 Å². The van der Waals surface area contributed by atoms with E-state index in [1.807, 2.05) is 19.9 Å². The Morgan fingerprint density at radius 3 is 2.50 bits per heavy atom. The van der Waals surface area contributed by atoms with Gasteiger partial charge in [-0.05, 0) is 19.4 Å². The Labute approximate surface area is 144 Å². The topological polar surface area (TPSA) is 75.7 Å². The molecular weight excluding hydrogens is 332 g/mol. The van der Waals surface area contributed by atoms with Crippen LogP contribution in [0.1, 0.15) is 17.0 Å². The molecule has 0 amide bonds. The van der Waals surface area contributed by atoms with Gasteiger partial charge in [0.25, 0.3) is 5.69 Å². The minimum absolute atomic E-state index is 0.0283. The zero-order valence-corrected chi connectivity index (χ0v) is 14.4. The number of rotatable bonds is 4. The Morgan fingerprint density at radius 1 is 1.25 bits per heavy atom. The van der Waals surface area contributed by atoms with Gasteiger partial charge in [-0.25, -0.2) is 0 Å². The lowest BCUT2D eigenvalue weighted by molar-refractivity contribution is -0.384. The molecule has 0 aliphatic carbocycles. The normalized spacial score (nSPS) is 15.7. The van der Waals surface area contributed by atoms with Gasteiger partial charge in [0.1, 0.15) is 0 Å². The van der Waals surface area contributed by atoms with Gasteiger partial charge < -0.3 is 9.42 Å². The first kappa shape index (κ1) is 16.7. The zero-order valence-electron chi connectivity index (χ0n) is 13.7. The van der Waals surface area contributed by atoms with Crippen molar-refractivity contribution in [3.63, 3.8) is 0 Å². The second-order valence-corrected chi connectivity index (χ2v) is 6.46. The largest absolute Gasteiger partial charge is 0.368 e. The van der Waals surface area contributed by atoms with Crippen LogP contribution in [0, 0.1) is 24.0 Å². The van der Waals surface area contributed by atoms with Gasteiger partial charge in [-0.15, -0.1) is 0 Å². The van der Waals surface area contributed by atoms with Crippen molar-refractivity contribution in [3.8, 4) is 0 Å². The number of piperazine rings is 1. The third kappa shape index (κ3) is 3.52. The highest BCUT2D eigenvalue weighted by atomic mass is 35.5. The number of nitrogens with zero attached hydrogens (tertiary/aromatic N) is 4. The Kier molecular flexibility index (Phi) is 4.73. The maximum absolute atomic E-state index is 10.9. The number of benzene rings is 1. The molecule has 0 bridgehead atoms. The van der Waals surface area contributed by atoms with Crippen molar-refractivity contribution < 1.29 is 9.45 Å². The fourth-order valence-corrected chi connectivity index (χ4v) is 3.45. The van der Waals surface area contributed by atoms with E-state index in [2.05, 4.69) is 15.0 Å². The number of aryl methyl sites for hydroxylation is 2. The molecule has 1 aliphatic rings. The first-order valence-electron chi connectivity index (χ1n) is 7.78. The third-order valence-electron chi connectivity index (χ3n) is 4.19. The summed E-state index contributed by atoms with van der Waals surface area (Å²) in [6, 6.07) is 4.95. The summed E-state index contributed by atoms with van der Waals surface area (Å²) in [4.78, 5) is 15.0. The maximum Gasteiger partial charge on any atom is 0.271 e. The quantitative estimate of drug-likeness (QED) is 0.622. The summed E-state index contributed by atoms with van der Waals surface area (Å²) >= 11 is 6.30. The lowest BCUT2D eigenvalue weighted by Crippen LogP contribution is -2.46. The molecule has 128 valence electrons. The molecule has 1 aromatic carbocycles. The van der Waals surface area contributed by atoms with E-state index in [0.29, 0.717) is 5.02 Å². The van der Waals surface area contributed by atoms with Crippen LogP contribution in [0.4, 0.5) is 11.4 Å². The molecule has 0 spiro atoms. The fourth-order valence-electron chi connectivity index (χ4n) is 3.07. The molecule has 0 saturated carbocycles. The second-order valence-electron chi connectivity index (χ2n) is 6.05. The van der Waals surface area contributed by atoms with Crippen LogP contribution in [0.3, 0.4) is 0 Å². The van der Waals surface area contributed by atoms with E-state index in [0.717, 1.165) is 55.4 Å². The molecule has 3 rings (SSSR count). The number of halogens is 1. The SMILES string of the molecule is Cc1cc(CN2CCN(c3c(C)cc([N+](=O)[O-])cc3Cl)CC2)on1. The smallest absolute Gasteiger partial charge is 0.271 e. The monoisotopic (exact) mass is 350 g/mol. The van der Waals surface area contributed by atoms with Gasteiger partial charge in [0.15, 0.2) is 5.76 Å². The molecule has 2 heterocycles. The van der Waals surface area contributed by atoms with E-state index in [9.17, 15) is 10.1 Å². The molecule has 1 fully saturated rings. The van der Waals surface area contributed by atoms with Gasteiger partial charge in [-0.3, -0.25) is 15.0 Å². The van der Waals surface area contributed by atoms with E-state index in [4.69, 9.17) is 16.1 Å². The Bertz CT molecular complexity index is 731. The van der Waals surface area contributed by atoms with Crippen LogP contribution in [0.2, 0.25) is 5.02 Å². The summed E-state index contributed by atoms with van der Waals surface area (Å²) in [5.74, 6) is 0.866. The molecule has 7 nitrogen and oxygen atoms in total. The molecule has 0 radical (unpaired) electrons. The predicted octanol–water partition coefficient (Wildman–Crippen LogP) is 3.18. The van der Waals surface area contributed by atoms with E-state index >= 15 is 0 Å². The summed E-state index contributed by atoms with van der Waals surface area (Å²) in [7, 11) is 0. The molecule has 2 aromatic rings. The maximum atomic E-state index is 10.9. The third-order valence-corrected chi connectivity index (χ3v) is 4.48. The lowest BCUT2D eigenvalue weighted by atomic mass is 10.1. The average molecular weight is 351 g/mol. The zero-order chi connectivity index (χ0) is 17.3. The highest BCUT2D eigenvalue weighted by Gasteiger charge is 2.23. The highest BCUT2D eigenvalue weighted by Crippen LogP contribution is 2.34.